The van der Waals surface area contributed by atoms with E-state index < -0.39 is 0 Å². The first-order valence-corrected chi connectivity index (χ1v) is 10.9. The molecule has 0 aliphatic carbocycles. The van der Waals surface area contributed by atoms with Gasteiger partial charge in [0.05, 0.1) is 22.1 Å². The summed E-state index contributed by atoms with van der Waals surface area (Å²) in [6, 6.07) is 13.6. The lowest BCUT2D eigenvalue weighted by Crippen LogP contribution is -1.82. The Morgan fingerprint density at radius 2 is 0.969 bits per heavy atom. The molecule has 0 amide bonds. The molecule has 2 aromatic carbocycles. The molecule has 0 spiro atoms. The summed E-state index contributed by atoms with van der Waals surface area (Å²) in [7, 11) is 0. The summed E-state index contributed by atoms with van der Waals surface area (Å²) in [6.45, 7) is 4.31. The maximum Gasteiger partial charge on any atom is 0.0641 e. The van der Waals surface area contributed by atoms with E-state index in [0.717, 1.165) is 0 Å². The molecule has 0 fully saturated rings. The Labute approximate surface area is 183 Å². The standard InChI is InChI=1S/C28H18N4/c1-15-13-31-25-5-3-17(7-19(25)23-11-29-9-21(15)27(23)31)18-4-6-26-20(8-18)24-12-30-10-22-16(2)14-32(26)28(22)24/h3-14H,1-2H3. The van der Waals surface area contributed by atoms with E-state index in [9.17, 15) is 0 Å². The summed E-state index contributed by atoms with van der Waals surface area (Å²) in [5.41, 5.74) is 9.98. The Hall–Kier alpha value is -4.18. The van der Waals surface area contributed by atoms with Gasteiger partial charge in [-0.05, 0) is 60.4 Å². The van der Waals surface area contributed by atoms with Crippen LogP contribution in [-0.4, -0.2) is 18.8 Å². The fourth-order valence-electron chi connectivity index (χ4n) is 5.72. The van der Waals surface area contributed by atoms with E-state index >= 15 is 0 Å². The number of benzene rings is 2. The van der Waals surface area contributed by atoms with E-state index in [1.807, 2.05) is 24.8 Å². The lowest BCUT2D eigenvalue weighted by molar-refractivity contribution is 1.28. The van der Waals surface area contributed by atoms with Crippen molar-refractivity contribution in [1.82, 2.24) is 18.8 Å². The monoisotopic (exact) mass is 410 g/mol. The Morgan fingerprint density at radius 3 is 1.44 bits per heavy atom. The number of aromatic nitrogens is 4. The first kappa shape index (κ1) is 16.5. The first-order valence-electron chi connectivity index (χ1n) is 10.9. The molecule has 8 aromatic rings. The molecule has 0 unspecified atom stereocenters. The molecule has 6 aromatic heterocycles. The lowest BCUT2D eigenvalue weighted by atomic mass is 10.0. The summed E-state index contributed by atoms with van der Waals surface area (Å²) < 4.78 is 4.62. The number of hydrogen-bond acceptors (Lipinski definition) is 2. The highest BCUT2D eigenvalue weighted by Gasteiger charge is 2.17. The predicted molar refractivity (Wildman–Crippen MR) is 131 cm³/mol. The van der Waals surface area contributed by atoms with Crippen LogP contribution in [0.2, 0.25) is 0 Å². The van der Waals surface area contributed by atoms with Gasteiger partial charge in [-0.15, -0.1) is 0 Å². The van der Waals surface area contributed by atoms with Gasteiger partial charge in [0.15, 0.2) is 0 Å². The molecule has 0 saturated heterocycles. The minimum Gasteiger partial charge on any atom is -0.315 e. The van der Waals surface area contributed by atoms with Gasteiger partial charge in [0, 0.05) is 69.5 Å². The van der Waals surface area contributed by atoms with Crippen LogP contribution >= 0.6 is 0 Å². The largest absolute Gasteiger partial charge is 0.315 e. The minimum atomic E-state index is 1.22. The third kappa shape index (κ3) is 1.81. The van der Waals surface area contributed by atoms with Crippen LogP contribution in [0, 0.1) is 13.8 Å². The normalized spacial score (nSPS) is 12.7. The van der Waals surface area contributed by atoms with Crippen molar-refractivity contribution in [2.24, 2.45) is 0 Å². The van der Waals surface area contributed by atoms with Crippen molar-refractivity contribution in [3.05, 3.63) is 84.7 Å². The fraction of sp³-hybridized carbons (Fsp3) is 0.0714. The van der Waals surface area contributed by atoms with Crippen LogP contribution in [0.15, 0.2) is 73.6 Å². The van der Waals surface area contributed by atoms with Gasteiger partial charge in [-0.25, -0.2) is 0 Å². The number of pyridine rings is 2. The van der Waals surface area contributed by atoms with Crippen molar-refractivity contribution < 1.29 is 0 Å². The molecule has 0 radical (unpaired) electrons. The van der Waals surface area contributed by atoms with E-state index in [-0.39, 0.29) is 0 Å². The maximum atomic E-state index is 4.52. The quantitative estimate of drug-likeness (QED) is 0.300. The van der Waals surface area contributed by atoms with Crippen LogP contribution < -0.4 is 0 Å². The second-order valence-corrected chi connectivity index (χ2v) is 8.99. The zero-order chi connectivity index (χ0) is 21.1. The van der Waals surface area contributed by atoms with E-state index in [1.165, 1.54) is 76.6 Å². The van der Waals surface area contributed by atoms with Crippen molar-refractivity contribution >= 4 is 54.4 Å². The molecule has 0 atom stereocenters. The SMILES string of the molecule is Cc1cn2c3ccc(-c4ccc5c(c4)c4cncc6c(C)cn5c64)cc3c3cncc1c32. The molecular weight excluding hydrogens is 392 g/mol. The van der Waals surface area contributed by atoms with Crippen LogP contribution in [0.25, 0.3) is 65.5 Å². The molecule has 150 valence electrons. The topological polar surface area (TPSA) is 34.6 Å². The van der Waals surface area contributed by atoms with E-state index in [4.69, 9.17) is 0 Å². The molecule has 0 N–H and O–H groups in total. The molecule has 4 heteroatoms. The molecule has 0 aliphatic rings. The van der Waals surface area contributed by atoms with E-state index in [0.29, 0.717) is 0 Å². The average Bonchev–Trinajstić information content (AvgIpc) is 3.53. The smallest absolute Gasteiger partial charge is 0.0641 e. The first-order chi connectivity index (χ1) is 15.7. The van der Waals surface area contributed by atoms with Gasteiger partial charge in [0.1, 0.15) is 0 Å². The lowest BCUT2D eigenvalue weighted by Gasteiger charge is -2.04. The van der Waals surface area contributed by atoms with Crippen LogP contribution in [0.5, 0.6) is 0 Å². The van der Waals surface area contributed by atoms with Gasteiger partial charge < -0.3 is 8.80 Å². The molecule has 6 heterocycles. The second-order valence-electron chi connectivity index (χ2n) is 8.99. The van der Waals surface area contributed by atoms with Gasteiger partial charge in [-0.3, -0.25) is 9.97 Å². The molecule has 4 nitrogen and oxygen atoms in total. The number of fused-ring (bicyclic) bond motifs is 6. The summed E-state index contributed by atoms with van der Waals surface area (Å²) in [5, 5.41) is 7.40. The van der Waals surface area contributed by atoms with Crippen molar-refractivity contribution in [3.63, 3.8) is 0 Å². The zero-order valence-corrected chi connectivity index (χ0v) is 17.7. The summed E-state index contributed by atoms with van der Waals surface area (Å²) in [5.74, 6) is 0. The Morgan fingerprint density at radius 1 is 0.531 bits per heavy atom. The summed E-state index contributed by atoms with van der Waals surface area (Å²) >= 11 is 0. The summed E-state index contributed by atoms with van der Waals surface area (Å²) in [4.78, 5) is 9.04. The van der Waals surface area contributed by atoms with Crippen molar-refractivity contribution in [2.75, 3.05) is 0 Å². The number of hydrogen-bond donors (Lipinski definition) is 0. The van der Waals surface area contributed by atoms with Gasteiger partial charge in [0.25, 0.3) is 0 Å². The number of nitrogens with zero attached hydrogens (tertiary/aromatic N) is 4. The molecule has 32 heavy (non-hydrogen) atoms. The van der Waals surface area contributed by atoms with Crippen LogP contribution in [0.3, 0.4) is 0 Å². The number of rotatable bonds is 1. The number of aryl methyl sites for hydroxylation is 2. The predicted octanol–water partition coefficient (Wildman–Crippen LogP) is 6.75. The Bertz CT molecular complexity index is 1860. The molecule has 0 saturated carbocycles. The van der Waals surface area contributed by atoms with Gasteiger partial charge >= 0.3 is 0 Å². The minimum absolute atomic E-state index is 1.22. The van der Waals surface area contributed by atoms with Crippen molar-refractivity contribution in [1.29, 1.82) is 0 Å². The average molecular weight is 410 g/mol. The highest BCUT2D eigenvalue weighted by atomic mass is 14.9. The van der Waals surface area contributed by atoms with Crippen LogP contribution in [0.4, 0.5) is 0 Å². The molecular formula is C28H18N4. The zero-order valence-electron chi connectivity index (χ0n) is 17.7. The third-order valence-electron chi connectivity index (χ3n) is 7.24. The molecule has 0 aliphatic heterocycles. The van der Waals surface area contributed by atoms with Gasteiger partial charge in [-0.1, -0.05) is 12.1 Å². The Balaban J connectivity index is 1.42. The van der Waals surface area contributed by atoms with E-state index in [1.54, 1.807) is 0 Å². The second kappa shape index (κ2) is 5.35. The maximum absolute atomic E-state index is 4.52. The van der Waals surface area contributed by atoms with Crippen molar-refractivity contribution in [2.45, 2.75) is 13.8 Å². The fourth-order valence-corrected chi connectivity index (χ4v) is 5.72. The van der Waals surface area contributed by atoms with Gasteiger partial charge in [-0.2, -0.15) is 0 Å². The summed E-state index contributed by atoms with van der Waals surface area (Å²) in [6.07, 6.45) is 12.4. The van der Waals surface area contributed by atoms with Crippen LogP contribution in [0.1, 0.15) is 11.1 Å². The molecule has 8 rings (SSSR count). The highest BCUT2D eigenvalue weighted by Crippen LogP contribution is 2.38. The highest BCUT2D eigenvalue weighted by molar-refractivity contribution is 6.17. The van der Waals surface area contributed by atoms with Gasteiger partial charge in [0.2, 0.25) is 0 Å². The van der Waals surface area contributed by atoms with E-state index in [2.05, 4.69) is 81.4 Å². The Kier molecular flexibility index (Phi) is 2.76. The van der Waals surface area contributed by atoms with Crippen LogP contribution in [-0.2, 0) is 0 Å². The van der Waals surface area contributed by atoms with Crippen molar-refractivity contribution in [3.8, 4) is 11.1 Å². The molecule has 0 bridgehead atoms. The third-order valence-corrected chi connectivity index (χ3v) is 7.24.